The number of nitrogens with one attached hydrogen (secondary N) is 1. The van der Waals surface area contributed by atoms with Gasteiger partial charge in [0.05, 0.1) is 18.8 Å². The van der Waals surface area contributed by atoms with Crippen molar-refractivity contribution in [3.8, 4) is 0 Å². The highest BCUT2D eigenvalue weighted by Crippen LogP contribution is 2.20. The molecule has 1 heterocycles. The molecule has 1 fully saturated rings. The number of hydrogen-bond donors (Lipinski definition) is 2. The van der Waals surface area contributed by atoms with Gasteiger partial charge in [-0.05, 0) is 17.4 Å². The standard InChI is InChI=1S/C13H16FN2O4P/c14-9-5-8(16-1-3-20-4-2-16)6-10(21)12(9)13(19)15-7-11(17)18/h5-6H,1-4,7,21H2,(H,15,19)(H,17,18). The first-order chi connectivity index (χ1) is 9.99. The van der Waals surface area contributed by atoms with Crippen LogP contribution in [0.2, 0.25) is 0 Å². The summed E-state index contributed by atoms with van der Waals surface area (Å²) >= 11 is 0. The van der Waals surface area contributed by atoms with E-state index in [1.807, 2.05) is 4.90 Å². The highest BCUT2D eigenvalue weighted by molar-refractivity contribution is 7.27. The lowest BCUT2D eigenvalue weighted by Gasteiger charge is -2.29. The molecule has 1 amide bonds. The van der Waals surface area contributed by atoms with Crippen molar-refractivity contribution in [2.24, 2.45) is 0 Å². The van der Waals surface area contributed by atoms with Crippen LogP contribution in [0.1, 0.15) is 10.4 Å². The van der Waals surface area contributed by atoms with E-state index in [1.54, 1.807) is 6.07 Å². The lowest BCUT2D eigenvalue weighted by molar-refractivity contribution is -0.135. The van der Waals surface area contributed by atoms with Crippen molar-refractivity contribution in [2.45, 2.75) is 0 Å². The van der Waals surface area contributed by atoms with Gasteiger partial charge in [0.25, 0.3) is 5.91 Å². The number of anilines is 1. The van der Waals surface area contributed by atoms with Crippen molar-refractivity contribution in [3.05, 3.63) is 23.5 Å². The molecule has 1 atom stereocenters. The molecule has 2 N–H and O–H groups in total. The Morgan fingerprint density at radius 2 is 2.05 bits per heavy atom. The van der Waals surface area contributed by atoms with E-state index < -0.39 is 24.2 Å². The van der Waals surface area contributed by atoms with Gasteiger partial charge in [0.2, 0.25) is 0 Å². The van der Waals surface area contributed by atoms with E-state index in [9.17, 15) is 14.0 Å². The molecule has 0 bridgehead atoms. The first-order valence-corrected chi connectivity index (χ1v) is 6.98. The Bertz CT molecular complexity index is 538. The largest absolute Gasteiger partial charge is 0.480 e. The maximum atomic E-state index is 14.2. The molecule has 0 radical (unpaired) electrons. The Kier molecular flexibility index (Phi) is 5.09. The number of ether oxygens (including phenoxy) is 1. The fourth-order valence-corrected chi connectivity index (χ4v) is 2.54. The number of carboxylic acids is 1. The van der Waals surface area contributed by atoms with Gasteiger partial charge in [-0.15, -0.1) is 9.24 Å². The summed E-state index contributed by atoms with van der Waals surface area (Å²) in [5.41, 5.74) is 0.522. The molecule has 8 heteroatoms. The van der Waals surface area contributed by atoms with Gasteiger partial charge in [0.1, 0.15) is 12.4 Å². The second-order valence-corrected chi connectivity index (χ2v) is 5.19. The van der Waals surface area contributed by atoms with E-state index in [1.165, 1.54) is 6.07 Å². The van der Waals surface area contributed by atoms with Crippen LogP contribution < -0.4 is 15.5 Å². The third-order valence-electron chi connectivity index (χ3n) is 3.11. The maximum absolute atomic E-state index is 14.2. The summed E-state index contributed by atoms with van der Waals surface area (Å²) in [5.74, 6) is -2.60. The van der Waals surface area contributed by atoms with Gasteiger partial charge in [0, 0.05) is 18.8 Å². The molecule has 21 heavy (non-hydrogen) atoms. The second kappa shape index (κ2) is 6.83. The summed E-state index contributed by atoms with van der Waals surface area (Å²) < 4.78 is 19.4. The van der Waals surface area contributed by atoms with Crippen molar-refractivity contribution in [1.82, 2.24) is 5.32 Å². The van der Waals surface area contributed by atoms with E-state index in [0.29, 0.717) is 37.3 Å². The number of morpholine rings is 1. The van der Waals surface area contributed by atoms with Crippen LogP contribution in [0.15, 0.2) is 12.1 Å². The van der Waals surface area contributed by atoms with E-state index in [2.05, 4.69) is 14.6 Å². The quantitative estimate of drug-likeness (QED) is 0.764. The number of carboxylic acid groups (broad SMARTS) is 1. The smallest absolute Gasteiger partial charge is 0.322 e. The number of amides is 1. The van der Waals surface area contributed by atoms with Gasteiger partial charge in [-0.3, -0.25) is 9.59 Å². The zero-order valence-corrected chi connectivity index (χ0v) is 12.4. The van der Waals surface area contributed by atoms with E-state index in [0.717, 1.165) is 0 Å². The third-order valence-corrected chi connectivity index (χ3v) is 3.56. The van der Waals surface area contributed by atoms with Crippen LogP contribution in [0.3, 0.4) is 0 Å². The Hall–Kier alpha value is -1.72. The molecule has 0 aliphatic carbocycles. The number of hydrogen-bond acceptors (Lipinski definition) is 4. The number of rotatable bonds is 4. The number of carbonyl (C=O) groups is 2. The fourth-order valence-electron chi connectivity index (χ4n) is 2.10. The molecule has 0 spiro atoms. The van der Waals surface area contributed by atoms with Crippen LogP contribution in [0.4, 0.5) is 10.1 Å². The lowest BCUT2D eigenvalue weighted by Crippen LogP contribution is -2.37. The number of halogens is 1. The molecule has 2 rings (SSSR count). The molecule has 1 aromatic carbocycles. The monoisotopic (exact) mass is 314 g/mol. The number of benzene rings is 1. The van der Waals surface area contributed by atoms with Crippen molar-refractivity contribution >= 4 is 32.1 Å². The van der Waals surface area contributed by atoms with Gasteiger partial charge in [-0.25, -0.2) is 4.39 Å². The minimum atomic E-state index is -1.18. The van der Waals surface area contributed by atoms with Crippen LogP contribution in [0.5, 0.6) is 0 Å². The van der Waals surface area contributed by atoms with Crippen LogP contribution in [0, 0.1) is 5.82 Å². The Morgan fingerprint density at radius 3 is 2.62 bits per heavy atom. The van der Waals surface area contributed by atoms with Crippen LogP contribution in [0.25, 0.3) is 0 Å². The minimum absolute atomic E-state index is 0.154. The molecule has 1 aliphatic rings. The summed E-state index contributed by atoms with van der Waals surface area (Å²) in [7, 11) is 2.31. The average Bonchev–Trinajstić information content (AvgIpc) is 2.45. The van der Waals surface area contributed by atoms with Crippen molar-refractivity contribution in [1.29, 1.82) is 0 Å². The first-order valence-electron chi connectivity index (χ1n) is 6.40. The molecular weight excluding hydrogens is 298 g/mol. The van der Waals surface area contributed by atoms with Gasteiger partial charge in [0.15, 0.2) is 0 Å². The third kappa shape index (κ3) is 3.89. The Morgan fingerprint density at radius 1 is 1.38 bits per heavy atom. The molecule has 1 aromatic rings. The van der Waals surface area contributed by atoms with Gasteiger partial charge < -0.3 is 20.1 Å². The predicted molar refractivity (Wildman–Crippen MR) is 78.7 cm³/mol. The number of carbonyl (C=O) groups excluding carboxylic acids is 1. The van der Waals surface area contributed by atoms with Crippen molar-refractivity contribution < 1.29 is 23.8 Å². The number of aliphatic carboxylic acids is 1. The fraction of sp³-hybridized carbons (Fsp3) is 0.385. The summed E-state index contributed by atoms with van der Waals surface area (Å²) in [4.78, 5) is 24.2. The maximum Gasteiger partial charge on any atom is 0.322 e. The first kappa shape index (κ1) is 15.7. The van der Waals surface area contributed by atoms with Crippen molar-refractivity contribution in [3.63, 3.8) is 0 Å². The van der Waals surface area contributed by atoms with Crippen LogP contribution >= 0.6 is 9.24 Å². The molecule has 0 aromatic heterocycles. The highest BCUT2D eigenvalue weighted by atomic mass is 31.0. The minimum Gasteiger partial charge on any atom is -0.480 e. The summed E-state index contributed by atoms with van der Waals surface area (Å²) in [6, 6.07) is 2.98. The molecule has 1 aliphatic heterocycles. The predicted octanol–water partition coefficient (Wildman–Crippen LogP) is -0.0229. The van der Waals surface area contributed by atoms with Crippen LogP contribution in [-0.4, -0.2) is 49.8 Å². The normalized spacial score (nSPS) is 14.9. The summed E-state index contributed by atoms with van der Waals surface area (Å²) in [6.07, 6.45) is 0. The molecular formula is C13H16FN2O4P. The van der Waals surface area contributed by atoms with Gasteiger partial charge in [-0.1, -0.05) is 0 Å². The van der Waals surface area contributed by atoms with Gasteiger partial charge >= 0.3 is 5.97 Å². The van der Waals surface area contributed by atoms with E-state index >= 15 is 0 Å². The summed E-state index contributed by atoms with van der Waals surface area (Å²) in [5, 5.41) is 11.1. The number of nitrogens with zero attached hydrogens (tertiary/aromatic N) is 1. The molecule has 1 unspecified atom stereocenters. The van der Waals surface area contributed by atoms with E-state index in [4.69, 9.17) is 9.84 Å². The molecule has 0 saturated carbocycles. The van der Waals surface area contributed by atoms with Crippen LogP contribution in [-0.2, 0) is 9.53 Å². The zero-order valence-electron chi connectivity index (χ0n) is 11.3. The average molecular weight is 314 g/mol. The Labute approximate surface area is 123 Å². The highest BCUT2D eigenvalue weighted by Gasteiger charge is 2.19. The molecule has 1 saturated heterocycles. The molecule has 6 nitrogen and oxygen atoms in total. The summed E-state index contributed by atoms with van der Waals surface area (Å²) in [6.45, 7) is 1.93. The lowest BCUT2D eigenvalue weighted by atomic mass is 10.1. The topological polar surface area (TPSA) is 78.9 Å². The zero-order chi connectivity index (χ0) is 15.4. The van der Waals surface area contributed by atoms with Gasteiger partial charge in [-0.2, -0.15) is 0 Å². The SMILES string of the molecule is O=C(O)CNC(=O)c1c(F)cc(N2CCOCC2)cc1P. The Balaban J connectivity index is 2.20. The second-order valence-electron chi connectivity index (χ2n) is 4.57. The van der Waals surface area contributed by atoms with Crippen molar-refractivity contribution in [2.75, 3.05) is 37.7 Å². The van der Waals surface area contributed by atoms with E-state index in [-0.39, 0.29) is 5.56 Å². The molecule has 114 valence electrons.